The van der Waals surface area contributed by atoms with Crippen LogP contribution in [0.4, 0.5) is 5.69 Å². The second-order valence-electron chi connectivity index (χ2n) is 3.35. The molecule has 0 radical (unpaired) electrons. The van der Waals surface area contributed by atoms with Gasteiger partial charge in [-0.05, 0) is 6.07 Å². The summed E-state index contributed by atoms with van der Waals surface area (Å²) in [6, 6.07) is 5.24. The van der Waals surface area contributed by atoms with E-state index in [1.54, 1.807) is 0 Å². The summed E-state index contributed by atoms with van der Waals surface area (Å²) in [4.78, 5) is 21.4. The first kappa shape index (κ1) is 13.1. The molecule has 0 bridgehead atoms. The maximum Gasteiger partial charge on any atom is 0.270 e. The molecule has 0 aromatic heterocycles. The van der Waals surface area contributed by atoms with Crippen LogP contribution in [0, 0.1) is 10.1 Å². The predicted octanol–water partition coefficient (Wildman–Crippen LogP) is -0.322. The van der Waals surface area contributed by atoms with Crippen LogP contribution in [0.25, 0.3) is 0 Å². The number of nitro groups is 1. The largest absolute Gasteiger partial charge is 0.394 e. The Morgan fingerprint density at radius 2 is 2.24 bits per heavy atom. The summed E-state index contributed by atoms with van der Waals surface area (Å²) in [5, 5.41) is 30.4. The Hall–Kier alpha value is -1.99. The highest BCUT2D eigenvalue weighted by atomic mass is 16.6. The van der Waals surface area contributed by atoms with Gasteiger partial charge in [0.05, 0.1) is 17.6 Å². The number of nitrogens with one attached hydrogen (secondary N) is 1. The normalized spacial score (nSPS) is 11.9. The molecule has 0 fully saturated rings. The molecule has 0 heterocycles. The first-order chi connectivity index (χ1) is 8.04. The number of rotatable bonds is 5. The van der Waals surface area contributed by atoms with Crippen LogP contribution in [0.1, 0.15) is 10.4 Å². The van der Waals surface area contributed by atoms with Crippen molar-refractivity contribution in [3.63, 3.8) is 0 Å². The Kier molecular flexibility index (Phi) is 4.56. The van der Waals surface area contributed by atoms with Gasteiger partial charge in [0, 0.05) is 24.2 Å². The fourth-order valence-electron chi connectivity index (χ4n) is 1.14. The smallest absolute Gasteiger partial charge is 0.270 e. The van der Waals surface area contributed by atoms with Crippen LogP contribution in [0.2, 0.25) is 0 Å². The Bertz CT molecular complexity index is 421. The van der Waals surface area contributed by atoms with Crippen molar-refractivity contribution in [3.05, 3.63) is 39.9 Å². The van der Waals surface area contributed by atoms with Crippen molar-refractivity contribution >= 4 is 11.6 Å². The highest BCUT2D eigenvalue weighted by Gasteiger charge is 2.12. The lowest BCUT2D eigenvalue weighted by Crippen LogP contribution is -2.33. The first-order valence-corrected chi connectivity index (χ1v) is 4.86. The quantitative estimate of drug-likeness (QED) is 0.482. The standard InChI is InChI=1S/C10H12N2O5/c13-6-9(14)5-11-10(15)7-2-1-3-8(4-7)12(16)17/h1-4,9,13-14H,5-6H2,(H,11,15). The van der Waals surface area contributed by atoms with Gasteiger partial charge in [-0.15, -0.1) is 0 Å². The lowest BCUT2D eigenvalue weighted by Gasteiger charge is -2.08. The molecule has 0 aliphatic carbocycles. The number of hydrogen-bond donors (Lipinski definition) is 3. The van der Waals surface area contributed by atoms with E-state index >= 15 is 0 Å². The SMILES string of the molecule is O=C(NCC(O)CO)c1cccc([N+](=O)[O-])c1. The van der Waals surface area contributed by atoms with E-state index in [9.17, 15) is 14.9 Å². The molecule has 3 N–H and O–H groups in total. The molecule has 0 saturated heterocycles. The second-order valence-corrected chi connectivity index (χ2v) is 3.35. The molecule has 7 nitrogen and oxygen atoms in total. The molecule has 17 heavy (non-hydrogen) atoms. The van der Waals surface area contributed by atoms with Crippen molar-refractivity contribution in [2.75, 3.05) is 13.2 Å². The molecular weight excluding hydrogens is 228 g/mol. The maximum atomic E-state index is 11.5. The van der Waals surface area contributed by atoms with Gasteiger partial charge >= 0.3 is 0 Å². The number of carbonyl (C=O) groups is 1. The summed E-state index contributed by atoms with van der Waals surface area (Å²) >= 11 is 0. The van der Waals surface area contributed by atoms with Crippen LogP contribution >= 0.6 is 0 Å². The summed E-state index contributed by atoms with van der Waals surface area (Å²) in [5.41, 5.74) is -0.0512. The number of non-ortho nitro benzene ring substituents is 1. The van der Waals surface area contributed by atoms with Gasteiger partial charge in [0.1, 0.15) is 0 Å². The fourth-order valence-corrected chi connectivity index (χ4v) is 1.14. The van der Waals surface area contributed by atoms with Crippen molar-refractivity contribution in [3.8, 4) is 0 Å². The van der Waals surface area contributed by atoms with E-state index in [0.29, 0.717) is 0 Å². The van der Waals surface area contributed by atoms with Crippen molar-refractivity contribution in [2.45, 2.75) is 6.10 Å². The molecular formula is C10H12N2O5. The minimum atomic E-state index is -1.04. The molecule has 0 aliphatic heterocycles. The van der Waals surface area contributed by atoms with E-state index < -0.39 is 23.5 Å². The van der Waals surface area contributed by atoms with Gasteiger partial charge in [-0.2, -0.15) is 0 Å². The van der Waals surface area contributed by atoms with Crippen molar-refractivity contribution in [1.82, 2.24) is 5.32 Å². The number of aliphatic hydroxyl groups excluding tert-OH is 2. The van der Waals surface area contributed by atoms with E-state index in [0.717, 1.165) is 6.07 Å². The van der Waals surface area contributed by atoms with E-state index in [-0.39, 0.29) is 17.8 Å². The van der Waals surface area contributed by atoms with Gasteiger partial charge in [-0.1, -0.05) is 6.07 Å². The molecule has 92 valence electrons. The van der Waals surface area contributed by atoms with Crippen molar-refractivity contribution < 1.29 is 19.9 Å². The Labute approximate surface area is 96.8 Å². The predicted molar refractivity (Wildman–Crippen MR) is 58.5 cm³/mol. The average molecular weight is 240 g/mol. The molecule has 1 amide bonds. The van der Waals surface area contributed by atoms with E-state index in [1.807, 2.05) is 0 Å². The molecule has 0 spiro atoms. The van der Waals surface area contributed by atoms with Crippen LogP contribution in [0.15, 0.2) is 24.3 Å². The molecule has 1 unspecified atom stereocenters. The zero-order valence-electron chi connectivity index (χ0n) is 8.87. The molecule has 0 saturated carbocycles. The van der Waals surface area contributed by atoms with Crippen LogP contribution in [-0.2, 0) is 0 Å². The van der Waals surface area contributed by atoms with Gasteiger partial charge in [-0.3, -0.25) is 14.9 Å². The van der Waals surface area contributed by atoms with E-state index in [1.165, 1.54) is 18.2 Å². The monoisotopic (exact) mass is 240 g/mol. The van der Waals surface area contributed by atoms with Crippen LogP contribution in [0.5, 0.6) is 0 Å². The Morgan fingerprint density at radius 1 is 1.53 bits per heavy atom. The Balaban J connectivity index is 2.69. The van der Waals surface area contributed by atoms with Gasteiger partial charge in [0.2, 0.25) is 0 Å². The average Bonchev–Trinajstić information content (AvgIpc) is 2.35. The minimum Gasteiger partial charge on any atom is -0.394 e. The number of benzene rings is 1. The number of aliphatic hydroxyl groups is 2. The van der Waals surface area contributed by atoms with Gasteiger partial charge in [-0.25, -0.2) is 0 Å². The number of nitrogens with zero attached hydrogens (tertiary/aromatic N) is 1. The van der Waals surface area contributed by atoms with Crippen LogP contribution < -0.4 is 5.32 Å². The third-order valence-electron chi connectivity index (χ3n) is 2.03. The van der Waals surface area contributed by atoms with Gasteiger partial charge in [0.25, 0.3) is 11.6 Å². The van der Waals surface area contributed by atoms with Crippen LogP contribution in [-0.4, -0.2) is 40.3 Å². The second kappa shape index (κ2) is 5.92. The summed E-state index contributed by atoms with van der Waals surface area (Å²) in [7, 11) is 0. The van der Waals surface area contributed by atoms with Gasteiger partial charge < -0.3 is 15.5 Å². The zero-order chi connectivity index (χ0) is 12.8. The zero-order valence-corrected chi connectivity index (χ0v) is 8.87. The third kappa shape index (κ3) is 3.82. The first-order valence-electron chi connectivity index (χ1n) is 4.86. The Morgan fingerprint density at radius 3 is 2.82 bits per heavy atom. The highest BCUT2D eigenvalue weighted by Crippen LogP contribution is 2.12. The summed E-state index contributed by atoms with van der Waals surface area (Å²) in [6.07, 6.45) is -1.04. The third-order valence-corrected chi connectivity index (χ3v) is 2.03. The summed E-state index contributed by atoms with van der Waals surface area (Å²) < 4.78 is 0. The number of carbonyl (C=O) groups excluding carboxylic acids is 1. The van der Waals surface area contributed by atoms with Crippen molar-refractivity contribution in [2.24, 2.45) is 0 Å². The summed E-state index contributed by atoms with van der Waals surface area (Å²) in [5.74, 6) is -0.541. The van der Waals surface area contributed by atoms with Crippen molar-refractivity contribution in [1.29, 1.82) is 0 Å². The topological polar surface area (TPSA) is 113 Å². The lowest BCUT2D eigenvalue weighted by molar-refractivity contribution is -0.384. The van der Waals surface area contributed by atoms with Crippen LogP contribution in [0.3, 0.4) is 0 Å². The molecule has 1 aromatic carbocycles. The minimum absolute atomic E-state index is 0.113. The summed E-state index contributed by atoms with van der Waals surface area (Å²) in [6.45, 7) is -0.576. The molecule has 1 rings (SSSR count). The highest BCUT2D eigenvalue weighted by molar-refractivity contribution is 5.94. The molecule has 7 heteroatoms. The maximum absolute atomic E-state index is 11.5. The molecule has 1 atom stereocenters. The number of amides is 1. The van der Waals surface area contributed by atoms with E-state index in [2.05, 4.69) is 5.32 Å². The van der Waals surface area contributed by atoms with E-state index in [4.69, 9.17) is 10.2 Å². The molecule has 1 aromatic rings. The lowest BCUT2D eigenvalue weighted by atomic mass is 10.2. The number of hydrogen-bond acceptors (Lipinski definition) is 5. The van der Waals surface area contributed by atoms with Gasteiger partial charge in [0.15, 0.2) is 0 Å². The fraction of sp³-hybridized carbons (Fsp3) is 0.300. The molecule has 0 aliphatic rings. The number of nitro benzene ring substituents is 1.